The van der Waals surface area contributed by atoms with Crippen molar-refractivity contribution < 1.29 is 4.79 Å². The average molecular weight is 336 g/mol. The summed E-state index contributed by atoms with van der Waals surface area (Å²) in [5.41, 5.74) is 1.40. The van der Waals surface area contributed by atoms with Crippen molar-refractivity contribution in [3.05, 3.63) is 60.6 Å². The lowest BCUT2D eigenvalue weighted by atomic mass is 10.2. The maximum atomic E-state index is 12.3. The second-order valence-corrected chi connectivity index (χ2v) is 6.30. The summed E-state index contributed by atoms with van der Waals surface area (Å²) >= 11 is 0. The topological polar surface area (TPSA) is 77.6 Å². The average Bonchev–Trinajstić information content (AvgIpc) is 3.42. The molecule has 3 aromatic rings. The van der Waals surface area contributed by atoms with Crippen LogP contribution < -0.4 is 5.32 Å². The van der Waals surface area contributed by atoms with E-state index in [1.807, 2.05) is 33.8 Å². The number of imidazole rings is 1. The molecule has 0 aliphatic heterocycles. The molecule has 0 spiro atoms. The molecule has 25 heavy (non-hydrogen) atoms. The van der Waals surface area contributed by atoms with Gasteiger partial charge in [0.2, 0.25) is 0 Å². The van der Waals surface area contributed by atoms with Gasteiger partial charge in [-0.3, -0.25) is 14.0 Å². The van der Waals surface area contributed by atoms with Gasteiger partial charge in [0.1, 0.15) is 17.8 Å². The van der Waals surface area contributed by atoms with Crippen LogP contribution in [0.5, 0.6) is 0 Å². The molecule has 7 nitrogen and oxygen atoms in total. The highest BCUT2D eigenvalue weighted by molar-refractivity contribution is 5.92. The van der Waals surface area contributed by atoms with Crippen LogP contribution in [-0.2, 0) is 6.54 Å². The molecule has 0 unspecified atom stereocenters. The summed E-state index contributed by atoms with van der Waals surface area (Å²) in [6.07, 6.45) is 13.7. The van der Waals surface area contributed by atoms with Crippen molar-refractivity contribution in [2.45, 2.75) is 38.3 Å². The zero-order chi connectivity index (χ0) is 17.1. The molecule has 7 heteroatoms. The SMILES string of the molecule is O=C(NCc1ccc(-n2ccnc2)nc1)c1ccn(C2CCCC2)n1. The van der Waals surface area contributed by atoms with Gasteiger partial charge in [-0.1, -0.05) is 18.9 Å². The Morgan fingerprint density at radius 3 is 2.80 bits per heavy atom. The Labute approximate surface area is 145 Å². The molecule has 1 saturated carbocycles. The van der Waals surface area contributed by atoms with Gasteiger partial charge in [0.05, 0.1) is 6.04 Å². The second-order valence-electron chi connectivity index (χ2n) is 6.30. The highest BCUT2D eigenvalue weighted by Gasteiger charge is 2.19. The first-order valence-electron chi connectivity index (χ1n) is 8.56. The van der Waals surface area contributed by atoms with Gasteiger partial charge in [-0.25, -0.2) is 9.97 Å². The number of pyridine rings is 1. The highest BCUT2D eigenvalue weighted by Crippen LogP contribution is 2.28. The predicted octanol–water partition coefficient (Wildman–Crippen LogP) is 2.51. The second kappa shape index (κ2) is 6.88. The van der Waals surface area contributed by atoms with Crippen molar-refractivity contribution in [2.24, 2.45) is 0 Å². The van der Waals surface area contributed by atoms with E-state index in [1.54, 1.807) is 24.8 Å². The molecule has 0 radical (unpaired) electrons. The first-order chi connectivity index (χ1) is 12.3. The van der Waals surface area contributed by atoms with Crippen LogP contribution in [0.3, 0.4) is 0 Å². The highest BCUT2D eigenvalue weighted by atomic mass is 16.1. The van der Waals surface area contributed by atoms with Crippen LogP contribution in [-0.4, -0.2) is 30.2 Å². The Kier molecular flexibility index (Phi) is 4.28. The van der Waals surface area contributed by atoms with Crippen LogP contribution in [0, 0.1) is 0 Å². The van der Waals surface area contributed by atoms with Gasteiger partial charge < -0.3 is 5.32 Å². The fraction of sp³-hybridized carbons (Fsp3) is 0.333. The van der Waals surface area contributed by atoms with E-state index in [-0.39, 0.29) is 5.91 Å². The van der Waals surface area contributed by atoms with Gasteiger partial charge in [0.15, 0.2) is 0 Å². The molecular weight excluding hydrogens is 316 g/mol. The summed E-state index contributed by atoms with van der Waals surface area (Å²) in [5, 5.41) is 7.33. The van der Waals surface area contributed by atoms with E-state index in [1.165, 1.54) is 12.8 Å². The first kappa shape index (κ1) is 15.6. The Morgan fingerprint density at radius 2 is 2.08 bits per heavy atom. The summed E-state index contributed by atoms with van der Waals surface area (Å²) in [6.45, 7) is 0.423. The molecule has 1 aliphatic rings. The van der Waals surface area contributed by atoms with Crippen molar-refractivity contribution in [3.8, 4) is 5.82 Å². The summed E-state index contributed by atoms with van der Waals surface area (Å²) in [7, 11) is 0. The Morgan fingerprint density at radius 1 is 1.20 bits per heavy atom. The minimum Gasteiger partial charge on any atom is -0.347 e. The zero-order valence-electron chi connectivity index (χ0n) is 13.9. The molecule has 1 N–H and O–H groups in total. The maximum absolute atomic E-state index is 12.3. The summed E-state index contributed by atoms with van der Waals surface area (Å²) in [6, 6.07) is 6.08. The molecule has 3 aromatic heterocycles. The van der Waals surface area contributed by atoms with E-state index in [0.29, 0.717) is 18.3 Å². The fourth-order valence-corrected chi connectivity index (χ4v) is 3.17. The fourth-order valence-electron chi connectivity index (χ4n) is 3.17. The minimum atomic E-state index is -0.157. The zero-order valence-corrected chi connectivity index (χ0v) is 13.9. The van der Waals surface area contributed by atoms with Gasteiger partial charge in [-0.2, -0.15) is 5.10 Å². The van der Waals surface area contributed by atoms with E-state index >= 15 is 0 Å². The number of nitrogens with one attached hydrogen (secondary N) is 1. The van der Waals surface area contributed by atoms with Crippen LogP contribution in [0.4, 0.5) is 0 Å². The van der Waals surface area contributed by atoms with Crippen LogP contribution >= 0.6 is 0 Å². The van der Waals surface area contributed by atoms with Crippen molar-refractivity contribution >= 4 is 5.91 Å². The molecule has 0 saturated heterocycles. The number of hydrogen-bond donors (Lipinski definition) is 1. The number of rotatable bonds is 5. The largest absolute Gasteiger partial charge is 0.347 e. The molecule has 4 rings (SSSR count). The van der Waals surface area contributed by atoms with Gasteiger partial charge in [-0.15, -0.1) is 0 Å². The third-order valence-corrected chi connectivity index (χ3v) is 4.57. The predicted molar refractivity (Wildman–Crippen MR) is 92.3 cm³/mol. The smallest absolute Gasteiger partial charge is 0.272 e. The van der Waals surface area contributed by atoms with Crippen molar-refractivity contribution in [2.75, 3.05) is 0 Å². The normalized spacial score (nSPS) is 14.7. The standard InChI is InChI=1S/C18H20N6O/c25-18(16-7-9-24(22-16)15-3-1-2-4-15)21-12-14-5-6-17(20-11-14)23-10-8-19-13-23/h5-11,13,15H,1-4,12H2,(H,21,25). The van der Waals surface area contributed by atoms with E-state index in [2.05, 4.69) is 20.4 Å². The third kappa shape index (κ3) is 3.45. The van der Waals surface area contributed by atoms with Gasteiger partial charge in [0.25, 0.3) is 5.91 Å². The maximum Gasteiger partial charge on any atom is 0.272 e. The summed E-state index contributed by atoms with van der Waals surface area (Å²) < 4.78 is 3.77. The molecule has 3 heterocycles. The van der Waals surface area contributed by atoms with Crippen molar-refractivity contribution in [3.63, 3.8) is 0 Å². The number of aromatic nitrogens is 5. The van der Waals surface area contributed by atoms with E-state index < -0.39 is 0 Å². The van der Waals surface area contributed by atoms with Gasteiger partial charge in [0, 0.05) is 31.3 Å². The van der Waals surface area contributed by atoms with Crippen molar-refractivity contribution in [1.82, 2.24) is 29.6 Å². The summed E-state index contributed by atoms with van der Waals surface area (Å²) in [5.74, 6) is 0.637. The van der Waals surface area contributed by atoms with Crippen molar-refractivity contribution in [1.29, 1.82) is 0 Å². The molecule has 0 atom stereocenters. The summed E-state index contributed by atoms with van der Waals surface area (Å²) in [4.78, 5) is 20.7. The molecule has 1 aliphatic carbocycles. The lowest BCUT2D eigenvalue weighted by Crippen LogP contribution is -2.23. The lowest BCUT2D eigenvalue weighted by Gasteiger charge is -2.09. The number of carbonyl (C=O) groups is 1. The molecule has 128 valence electrons. The van der Waals surface area contributed by atoms with E-state index in [0.717, 1.165) is 24.2 Å². The van der Waals surface area contributed by atoms with Crippen LogP contribution in [0.1, 0.15) is 47.8 Å². The van der Waals surface area contributed by atoms with E-state index in [9.17, 15) is 4.79 Å². The monoisotopic (exact) mass is 336 g/mol. The third-order valence-electron chi connectivity index (χ3n) is 4.57. The Hall–Kier alpha value is -2.96. The quantitative estimate of drug-likeness (QED) is 0.776. The molecule has 1 fully saturated rings. The van der Waals surface area contributed by atoms with E-state index in [4.69, 9.17) is 0 Å². The molecule has 0 aromatic carbocycles. The molecule has 1 amide bonds. The molecule has 0 bridgehead atoms. The Bertz CT molecular complexity index is 831. The number of hydrogen-bond acceptors (Lipinski definition) is 4. The van der Waals surface area contributed by atoms with Crippen LogP contribution in [0.2, 0.25) is 0 Å². The minimum absolute atomic E-state index is 0.157. The number of carbonyl (C=O) groups excluding carboxylic acids is 1. The first-order valence-corrected chi connectivity index (χ1v) is 8.56. The Balaban J connectivity index is 1.35. The lowest BCUT2D eigenvalue weighted by molar-refractivity contribution is 0.0944. The van der Waals surface area contributed by atoms with Gasteiger partial charge >= 0.3 is 0 Å². The van der Waals surface area contributed by atoms with Crippen LogP contribution in [0.15, 0.2) is 49.3 Å². The number of nitrogens with zero attached hydrogens (tertiary/aromatic N) is 5. The number of amides is 1. The molecular formula is C18H20N6O. The van der Waals surface area contributed by atoms with Crippen LogP contribution in [0.25, 0.3) is 5.82 Å². The van der Waals surface area contributed by atoms with Gasteiger partial charge in [-0.05, 0) is 30.5 Å².